The van der Waals surface area contributed by atoms with Gasteiger partial charge >= 0.3 is 6.18 Å². The van der Waals surface area contributed by atoms with Crippen molar-refractivity contribution in [2.75, 3.05) is 13.1 Å². The number of aromatic nitrogens is 2. The van der Waals surface area contributed by atoms with Gasteiger partial charge in [0, 0.05) is 30.7 Å². The van der Waals surface area contributed by atoms with E-state index in [9.17, 15) is 28.2 Å². The predicted molar refractivity (Wildman–Crippen MR) is 104 cm³/mol. The van der Waals surface area contributed by atoms with Crippen molar-refractivity contribution in [2.45, 2.75) is 24.8 Å². The number of nitrogens with zero attached hydrogens (tertiary/aromatic N) is 3. The first kappa shape index (κ1) is 21.0. The minimum absolute atomic E-state index is 0.0120. The number of halogens is 3. The summed E-state index contributed by atoms with van der Waals surface area (Å²) < 4.78 is 43.4. The van der Waals surface area contributed by atoms with Crippen molar-refractivity contribution in [1.29, 1.82) is 0 Å². The van der Waals surface area contributed by atoms with E-state index in [-0.39, 0.29) is 24.0 Å². The molecule has 4 rings (SSSR count). The number of pyridine rings is 2. The zero-order valence-corrected chi connectivity index (χ0v) is 16.1. The molecule has 31 heavy (non-hydrogen) atoms. The Bertz CT molecular complexity index is 1110. The van der Waals surface area contributed by atoms with E-state index < -0.39 is 23.9 Å². The molecule has 3 aromatic rings. The van der Waals surface area contributed by atoms with E-state index in [4.69, 9.17) is 4.74 Å². The van der Waals surface area contributed by atoms with E-state index in [1.807, 2.05) is 0 Å². The summed E-state index contributed by atoms with van der Waals surface area (Å²) in [5.41, 5.74) is -0.138. The van der Waals surface area contributed by atoms with Crippen LogP contribution in [0.3, 0.4) is 0 Å². The first-order valence-corrected chi connectivity index (χ1v) is 9.48. The van der Waals surface area contributed by atoms with Gasteiger partial charge in [0.15, 0.2) is 0 Å². The van der Waals surface area contributed by atoms with Crippen LogP contribution in [0.1, 0.15) is 22.5 Å². The summed E-state index contributed by atoms with van der Waals surface area (Å²) in [4.78, 5) is 22.1. The number of likely N-dealkylation sites (tertiary alicyclic amines) is 1. The van der Waals surface area contributed by atoms with Gasteiger partial charge in [-0.05, 0) is 36.8 Å². The zero-order valence-electron chi connectivity index (χ0n) is 16.1. The molecule has 1 saturated heterocycles. The molecule has 0 spiro atoms. The van der Waals surface area contributed by atoms with Crippen LogP contribution in [0.15, 0.2) is 48.7 Å². The van der Waals surface area contributed by atoms with E-state index in [1.54, 1.807) is 30.3 Å². The third kappa shape index (κ3) is 4.59. The Balaban J connectivity index is 1.50. The minimum Gasteiger partial charge on any atom is -0.439 e. The summed E-state index contributed by atoms with van der Waals surface area (Å²) >= 11 is 0. The second kappa shape index (κ2) is 8.12. The number of ether oxygens (including phenoxy) is 1. The maximum absolute atomic E-state index is 12.7. The number of rotatable bonds is 3. The summed E-state index contributed by atoms with van der Waals surface area (Å²) in [6.45, 7) is 0.357. The Hall–Kier alpha value is -3.24. The second-order valence-electron chi connectivity index (χ2n) is 7.21. The average Bonchev–Trinajstić information content (AvgIpc) is 2.74. The number of carbonyl (C=O) groups excluding carboxylic acids is 1. The van der Waals surface area contributed by atoms with Gasteiger partial charge in [-0.1, -0.05) is 6.07 Å². The first-order chi connectivity index (χ1) is 14.7. The fraction of sp³-hybridized carbons (Fsp3) is 0.286. The molecular weight excluding hydrogens is 415 g/mol. The number of hydrogen-bond donors (Lipinski definition) is 2. The molecule has 2 aromatic heterocycles. The monoisotopic (exact) mass is 433 g/mol. The Morgan fingerprint density at radius 1 is 1.10 bits per heavy atom. The quantitative estimate of drug-likeness (QED) is 0.659. The number of piperidine rings is 1. The lowest BCUT2D eigenvalue weighted by molar-refractivity contribution is -0.137. The Kier molecular flexibility index (Phi) is 5.50. The highest BCUT2D eigenvalue weighted by molar-refractivity contribution is 5.95. The normalized spacial score (nSPS) is 19.5. The number of carbonyl (C=O) groups is 1. The molecule has 0 unspecified atom stereocenters. The largest absolute Gasteiger partial charge is 0.439 e. The SMILES string of the molecule is O=C(c1ccc2cc(Oc3ccc(C(F)(F)F)cn3)ccc2n1)N1CC[C@@H](O)[C@@H](O)C1. The highest BCUT2D eigenvalue weighted by Gasteiger charge is 2.31. The van der Waals surface area contributed by atoms with Crippen LogP contribution in [0.5, 0.6) is 11.6 Å². The van der Waals surface area contributed by atoms with Gasteiger partial charge in [0.05, 0.1) is 23.3 Å². The number of fused-ring (bicyclic) bond motifs is 1. The predicted octanol–water partition coefficient (Wildman–Crippen LogP) is 3.01. The lowest BCUT2D eigenvalue weighted by Crippen LogP contribution is -2.49. The van der Waals surface area contributed by atoms with E-state index in [2.05, 4.69) is 9.97 Å². The van der Waals surface area contributed by atoms with E-state index in [0.717, 1.165) is 12.1 Å². The van der Waals surface area contributed by atoms with Crippen LogP contribution < -0.4 is 4.74 Å². The summed E-state index contributed by atoms with van der Waals surface area (Å²) in [5, 5.41) is 20.0. The minimum atomic E-state index is -4.47. The van der Waals surface area contributed by atoms with Crippen LogP contribution in [0.4, 0.5) is 13.2 Å². The first-order valence-electron chi connectivity index (χ1n) is 9.48. The van der Waals surface area contributed by atoms with Gasteiger partial charge in [-0.3, -0.25) is 4.79 Å². The van der Waals surface area contributed by atoms with E-state index >= 15 is 0 Å². The Morgan fingerprint density at radius 2 is 1.90 bits per heavy atom. The summed E-state index contributed by atoms with van der Waals surface area (Å²) in [6.07, 6.45) is -5.31. The fourth-order valence-corrected chi connectivity index (χ4v) is 3.28. The molecule has 162 valence electrons. The van der Waals surface area contributed by atoms with Gasteiger partial charge in [0.25, 0.3) is 5.91 Å². The number of aliphatic hydroxyl groups is 2. The molecule has 1 fully saturated rings. The number of alkyl halides is 3. The van der Waals surface area contributed by atoms with E-state index in [1.165, 1.54) is 4.90 Å². The average molecular weight is 433 g/mol. The molecule has 0 saturated carbocycles. The lowest BCUT2D eigenvalue weighted by Gasteiger charge is -2.33. The molecule has 2 N–H and O–H groups in total. The molecule has 2 atom stereocenters. The summed E-state index contributed by atoms with van der Waals surface area (Å²) in [6, 6.07) is 10.1. The second-order valence-corrected chi connectivity index (χ2v) is 7.21. The van der Waals surface area contributed by atoms with Crippen molar-refractivity contribution in [3.05, 3.63) is 59.9 Å². The molecule has 0 radical (unpaired) electrons. The highest BCUT2D eigenvalue weighted by Crippen LogP contribution is 2.30. The van der Waals surface area contributed by atoms with Crippen molar-refractivity contribution >= 4 is 16.8 Å². The van der Waals surface area contributed by atoms with Crippen LogP contribution in [0.2, 0.25) is 0 Å². The van der Waals surface area contributed by atoms with Crippen molar-refractivity contribution in [3.8, 4) is 11.6 Å². The van der Waals surface area contributed by atoms with Crippen molar-refractivity contribution < 1.29 is 32.9 Å². The van der Waals surface area contributed by atoms with Crippen LogP contribution in [-0.2, 0) is 6.18 Å². The molecular formula is C21H18F3N3O4. The topological polar surface area (TPSA) is 95.8 Å². The molecule has 1 aromatic carbocycles. The number of benzene rings is 1. The van der Waals surface area contributed by atoms with Crippen molar-refractivity contribution in [2.24, 2.45) is 0 Å². The zero-order chi connectivity index (χ0) is 22.2. The standard InChI is InChI=1S/C21H18F3N3O4/c22-21(23,24)13-2-6-19(25-10-13)31-14-3-5-15-12(9-14)1-4-16(26-15)20(30)27-8-7-17(28)18(29)11-27/h1-6,9-10,17-18,28-29H,7-8,11H2/t17-,18+/m1/s1. The van der Waals surface area contributed by atoms with Gasteiger partial charge in [0.1, 0.15) is 11.4 Å². The Labute approximate surface area is 174 Å². The van der Waals surface area contributed by atoms with Crippen LogP contribution in [-0.4, -0.2) is 56.3 Å². The smallest absolute Gasteiger partial charge is 0.417 e. The van der Waals surface area contributed by atoms with Crippen LogP contribution in [0.25, 0.3) is 10.9 Å². The van der Waals surface area contributed by atoms with Gasteiger partial charge in [-0.15, -0.1) is 0 Å². The summed E-state index contributed by atoms with van der Waals surface area (Å²) in [7, 11) is 0. The number of aliphatic hydroxyl groups excluding tert-OH is 2. The molecule has 1 amide bonds. The van der Waals surface area contributed by atoms with E-state index in [0.29, 0.717) is 35.8 Å². The number of hydrogen-bond acceptors (Lipinski definition) is 6. The molecule has 7 nitrogen and oxygen atoms in total. The molecule has 10 heteroatoms. The molecule has 1 aliphatic heterocycles. The molecule has 3 heterocycles. The fourth-order valence-electron chi connectivity index (χ4n) is 3.28. The maximum atomic E-state index is 12.7. The van der Waals surface area contributed by atoms with Crippen LogP contribution >= 0.6 is 0 Å². The third-order valence-corrected chi connectivity index (χ3v) is 5.00. The lowest BCUT2D eigenvalue weighted by atomic mass is 10.0. The molecule has 0 aliphatic carbocycles. The maximum Gasteiger partial charge on any atom is 0.417 e. The molecule has 0 bridgehead atoms. The number of β-amino-alcohol motifs (C(OH)–C–C–N with tert-alkyl or cyclic N) is 1. The summed E-state index contributed by atoms with van der Waals surface area (Å²) in [5.74, 6) is 0.0221. The van der Waals surface area contributed by atoms with Crippen molar-refractivity contribution in [3.63, 3.8) is 0 Å². The highest BCUT2D eigenvalue weighted by atomic mass is 19.4. The Morgan fingerprint density at radius 3 is 2.58 bits per heavy atom. The molecule has 1 aliphatic rings. The number of amides is 1. The van der Waals surface area contributed by atoms with Gasteiger partial charge in [0.2, 0.25) is 5.88 Å². The van der Waals surface area contributed by atoms with Gasteiger partial charge < -0.3 is 19.8 Å². The van der Waals surface area contributed by atoms with Crippen LogP contribution in [0, 0.1) is 0 Å². The van der Waals surface area contributed by atoms with Crippen molar-refractivity contribution in [1.82, 2.24) is 14.9 Å². The van der Waals surface area contributed by atoms with Gasteiger partial charge in [-0.2, -0.15) is 13.2 Å². The van der Waals surface area contributed by atoms with Gasteiger partial charge in [-0.25, -0.2) is 9.97 Å². The third-order valence-electron chi connectivity index (χ3n) is 5.00.